The topological polar surface area (TPSA) is 77.0 Å². The molecule has 1 N–H and O–H groups in total. The number of amides is 1. The van der Waals surface area contributed by atoms with Crippen molar-refractivity contribution in [3.05, 3.63) is 29.5 Å². The number of carbonyl (C=O) groups excluding carboxylic acids is 1. The van der Waals surface area contributed by atoms with E-state index >= 15 is 0 Å². The number of hydrogen-bond donors (Lipinski definition) is 1. The zero-order valence-electron chi connectivity index (χ0n) is 14.2. The summed E-state index contributed by atoms with van der Waals surface area (Å²) in [5.41, 5.74) is 0.718. The van der Waals surface area contributed by atoms with Gasteiger partial charge in [-0.3, -0.25) is 4.79 Å². The Morgan fingerprint density at radius 3 is 2.83 bits per heavy atom. The lowest BCUT2D eigenvalue weighted by molar-refractivity contribution is -0.136. The number of nitrogens with one attached hydrogen (secondary N) is 1. The van der Waals surface area contributed by atoms with Crippen LogP contribution in [0, 0.1) is 5.41 Å². The highest BCUT2D eigenvalue weighted by Gasteiger charge is 2.49. The molecule has 2 aromatic rings. The van der Waals surface area contributed by atoms with Gasteiger partial charge in [-0.1, -0.05) is 13.8 Å². The van der Waals surface area contributed by atoms with E-state index in [0.717, 1.165) is 17.1 Å². The fourth-order valence-corrected chi connectivity index (χ4v) is 3.69. The fraction of sp³-hybridized carbons (Fsp3) is 0.529. The molecule has 1 aliphatic carbocycles. The summed E-state index contributed by atoms with van der Waals surface area (Å²) < 4.78 is 5.70. The van der Waals surface area contributed by atoms with Crippen LogP contribution < -0.4 is 5.32 Å². The molecule has 6 nitrogen and oxygen atoms in total. The van der Waals surface area contributed by atoms with Gasteiger partial charge in [0.25, 0.3) is 0 Å². The second kappa shape index (κ2) is 6.94. The van der Waals surface area contributed by atoms with E-state index in [0.29, 0.717) is 12.4 Å². The van der Waals surface area contributed by atoms with Crippen molar-refractivity contribution in [2.75, 3.05) is 6.61 Å². The fourth-order valence-electron chi connectivity index (χ4n) is 2.92. The minimum absolute atomic E-state index is 0.00569. The molecule has 7 heteroatoms. The Hall–Kier alpha value is -1.86. The molecule has 2 heterocycles. The first-order chi connectivity index (χ1) is 11.5. The van der Waals surface area contributed by atoms with Gasteiger partial charge in [-0.15, -0.1) is 11.3 Å². The van der Waals surface area contributed by atoms with Crippen LogP contribution >= 0.6 is 11.3 Å². The van der Waals surface area contributed by atoms with E-state index < -0.39 is 0 Å². The number of aromatic nitrogens is 3. The number of thiazole rings is 1. The molecule has 1 fully saturated rings. The zero-order valence-corrected chi connectivity index (χ0v) is 15.0. The van der Waals surface area contributed by atoms with Crippen LogP contribution in [0.5, 0.6) is 0 Å². The van der Waals surface area contributed by atoms with E-state index in [4.69, 9.17) is 4.74 Å². The molecule has 0 unspecified atom stereocenters. The number of rotatable bonds is 6. The summed E-state index contributed by atoms with van der Waals surface area (Å²) >= 11 is 1.45. The van der Waals surface area contributed by atoms with Crippen molar-refractivity contribution in [1.82, 2.24) is 20.3 Å². The van der Waals surface area contributed by atoms with Gasteiger partial charge in [-0.2, -0.15) is 0 Å². The van der Waals surface area contributed by atoms with Crippen molar-refractivity contribution in [2.45, 2.75) is 45.8 Å². The Balaban J connectivity index is 1.56. The third-order valence-electron chi connectivity index (χ3n) is 4.53. The standard InChI is InChI=1S/C17H22N4O2S/c1-4-23-13-9-12(17(13,2)3)21-14(22)8-11-10-24-16(20-11)15-18-6-5-7-19-15/h5-7,10,12-13H,4,8-9H2,1-3H3,(H,21,22)/t12-,13+/m0/s1. The lowest BCUT2D eigenvalue weighted by atomic mass is 9.64. The Kier molecular flexibility index (Phi) is 4.91. The molecule has 128 valence electrons. The number of nitrogens with zero attached hydrogens (tertiary/aromatic N) is 3. The van der Waals surface area contributed by atoms with Crippen LogP contribution in [0.3, 0.4) is 0 Å². The maximum Gasteiger partial charge on any atom is 0.226 e. The molecule has 3 rings (SSSR count). The minimum atomic E-state index is -0.0310. The highest BCUT2D eigenvalue weighted by molar-refractivity contribution is 7.13. The first-order valence-corrected chi connectivity index (χ1v) is 9.01. The van der Waals surface area contributed by atoms with Crippen LogP contribution in [0.4, 0.5) is 0 Å². The predicted octanol–water partition coefficient (Wildman–Crippen LogP) is 2.46. The van der Waals surface area contributed by atoms with Crippen molar-refractivity contribution in [3.63, 3.8) is 0 Å². The Bertz CT molecular complexity index is 702. The Labute approximate surface area is 145 Å². The molecule has 24 heavy (non-hydrogen) atoms. The first-order valence-electron chi connectivity index (χ1n) is 8.13. The van der Waals surface area contributed by atoms with E-state index in [2.05, 4.69) is 34.1 Å². The molecular formula is C17H22N4O2S. The third kappa shape index (κ3) is 3.47. The van der Waals surface area contributed by atoms with Crippen LogP contribution in [-0.4, -0.2) is 39.6 Å². The molecule has 0 aromatic carbocycles. The Morgan fingerprint density at radius 2 is 2.17 bits per heavy atom. The highest BCUT2D eigenvalue weighted by Crippen LogP contribution is 2.42. The molecule has 1 amide bonds. The van der Waals surface area contributed by atoms with Gasteiger partial charge >= 0.3 is 0 Å². The predicted molar refractivity (Wildman–Crippen MR) is 92.6 cm³/mol. The molecule has 1 saturated carbocycles. The van der Waals surface area contributed by atoms with Gasteiger partial charge in [0, 0.05) is 35.8 Å². The Morgan fingerprint density at radius 1 is 1.42 bits per heavy atom. The molecular weight excluding hydrogens is 324 g/mol. The lowest BCUT2D eigenvalue weighted by Gasteiger charge is -2.51. The van der Waals surface area contributed by atoms with Gasteiger partial charge < -0.3 is 10.1 Å². The average Bonchev–Trinajstić information content (AvgIpc) is 3.03. The quantitative estimate of drug-likeness (QED) is 0.869. The summed E-state index contributed by atoms with van der Waals surface area (Å²) in [5, 5.41) is 5.73. The van der Waals surface area contributed by atoms with Crippen LogP contribution in [-0.2, 0) is 16.0 Å². The largest absolute Gasteiger partial charge is 0.378 e. The molecule has 0 bridgehead atoms. The zero-order chi connectivity index (χ0) is 17.2. The summed E-state index contributed by atoms with van der Waals surface area (Å²) in [5.74, 6) is 0.586. The SMILES string of the molecule is CCO[C@@H]1C[C@H](NC(=O)Cc2csc(-c3ncccn3)n2)C1(C)C. The molecule has 0 aliphatic heterocycles. The first kappa shape index (κ1) is 17.0. The molecule has 0 saturated heterocycles. The molecule has 2 aromatic heterocycles. The van der Waals surface area contributed by atoms with E-state index in [-0.39, 0.29) is 29.9 Å². The van der Waals surface area contributed by atoms with Gasteiger partial charge in [-0.05, 0) is 19.4 Å². The van der Waals surface area contributed by atoms with Crippen molar-refractivity contribution in [2.24, 2.45) is 5.41 Å². The van der Waals surface area contributed by atoms with Crippen LogP contribution in [0.15, 0.2) is 23.8 Å². The molecule has 1 aliphatic rings. The monoisotopic (exact) mass is 346 g/mol. The van der Waals surface area contributed by atoms with E-state index in [1.54, 1.807) is 18.5 Å². The van der Waals surface area contributed by atoms with Crippen LogP contribution in [0.2, 0.25) is 0 Å². The maximum atomic E-state index is 12.3. The van der Waals surface area contributed by atoms with Gasteiger partial charge in [0.05, 0.1) is 18.2 Å². The molecule has 0 radical (unpaired) electrons. The van der Waals surface area contributed by atoms with Crippen LogP contribution in [0.25, 0.3) is 10.8 Å². The van der Waals surface area contributed by atoms with Crippen LogP contribution in [0.1, 0.15) is 32.9 Å². The summed E-state index contributed by atoms with van der Waals surface area (Å²) in [6.07, 6.45) is 4.73. The molecule has 2 atom stereocenters. The average molecular weight is 346 g/mol. The summed E-state index contributed by atoms with van der Waals surface area (Å²) in [6.45, 7) is 6.97. The van der Waals surface area contributed by atoms with E-state index in [1.807, 2.05) is 12.3 Å². The second-order valence-corrected chi connectivity index (χ2v) is 7.37. The van der Waals surface area contributed by atoms with Gasteiger partial charge in [0.2, 0.25) is 5.91 Å². The normalized spacial score (nSPS) is 22.0. The summed E-state index contributed by atoms with van der Waals surface area (Å²) in [7, 11) is 0. The third-order valence-corrected chi connectivity index (χ3v) is 5.42. The van der Waals surface area contributed by atoms with E-state index in [9.17, 15) is 4.79 Å². The molecule has 0 spiro atoms. The van der Waals surface area contributed by atoms with Crippen molar-refractivity contribution in [3.8, 4) is 10.8 Å². The summed E-state index contributed by atoms with van der Waals surface area (Å²) in [4.78, 5) is 25.1. The lowest BCUT2D eigenvalue weighted by Crippen LogP contribution is -2.62. The summed E-state index contributed by atoms with van der Waals surface area (Å²) in [6, 6.07) is 1.92. The van der Waals surface area contributed by atoms with Crippen molar-refractivity contribution >= 4 is 17.2 Å². The maximum absolute atomic E-state index is 12.3. The minimum Gasteiger partial charge on any atom is -0.378 e. The van der Waals surface area contributed by atoms with Crippen molar-refractivity contribution in [1.29, 1.82) is 0 Å². The van der Waals surface area contributed by atoms with Gasteiger partial charge in [0.15, 0.2) is 10.8 Å². The number of carbonyl (C=O) groups is 1. The number of hydrogen-bond acceptors (Lipinski definition) is 6. The van der Waals surface area contributed by atoms with E-state index in [1.165, 1.54) is 11.3 Å². The smallest absolute Gasteiger partial charge is 0.226 e. The van der Waals surface area contributed by atoms with Gasteiger partial charge in [0.1, 0.15) is 0 Å². The van der Waals surface area contributed by atoms with Gasteiger partial charge in [-0.25, -0.2) is 15.0 Å². The van der Waals surface area contributed by atoms with Crippen molar-refractivity contribution < 1.29 is 9.53 Å². The second-order valence-electron chi connectivity index (χ2n) is 6.51. The highest BCUT2D eigenvalue weighted by atomic mass is 32.1. The number of ether oxygens (including phenoxy) is 1.